The predicted molar refractivity (Wildman–Crippen MR) is 91.3 cm³/mol. The molecule has 1 N–H and O–H groups in total. The van der Waals surface area contributed by atoms with Crippen molar-refractivity contribution in [1.82, 2.24) is 10.2 Å². The lowest BCUT2D eigenvalue weighted by molar-refractivity contribution is -0.144. The minimum absolute atomic E-state index is 0.122. The summed E-state index contributed by atoms with van der Waals surface area (Å²) in [7, 11) is 1.86. The van der Waals surface area contributed by atoms with Crippen LogP contribution in [0.4, 0.5) is 4.39 Å². The molecule has 0 bridgehead atoms. The maximum atomic E-state index is 14.0. The topological polar surface area (TPSA) is 41.6 Å². The SMILES string of the molecule is CN(CCCC1CCCO1)C(=O)C1(Cc2ccccc2F)CNC1. The maximum Gasteiger partial charge on any atom is 0.231 e. The zero-order valence-electron chi connectivity index (χ0n) is 14.4. The van der Waals surface area contributed by atoms with E-state index in [-0.39, 0.29) is 11.7 Å². The Morgan fingerprint density at radius 3 is 2.83 bits per heavy atom. The van der Waals surface area contributed by atoms with Gasteiger partial charge in [-0.05, 0) is 43.7 Å². The summed E-state index contributed by atoms with van der Waals surface area (Å²) in [6.45, 7) is 2.85. The van der Waals surface area contributed by atoms with Crippen LogP contribution < -0.4 is 5.32 Å². The van der Waals surface area contributed by atoms with Crippen LogP contribution in [0.25, 0.3) is 0 Å². The van der Waals surface area contributed by atoms with Crippen LogP contribution in [0.3, 0.4) is 0 Å². The molecule has 1 aromatic rings. The Balaban J connectivity index is 1.55. The summed E-state index contributed by atoms with van der Waals surface area (Å²) < 4.78 is 19.6. The van der Waals surface area contributed by atoms with E-state index in [0.29, 0.717) is 31.2 Å². The van der Waals surface area contributed by atoms with Crippen molar-refractivity contribution in [3.8, 4) is 0 Å². The molecule has 1 amide bonds. The van der Waals surface area contributed by atoms with Crippen LogP contribution in [-0.2, 0) is 16.0 Å². The van der Waals surface area contributed by atoms with Gasteiger partial charge in [-0.15, -0.1) is 0 Å². The summed E-state index contributed by atoms with van der Waals surface area (Å²) >= 11 is 0. The largest absolute Gasteiger partial charge is 0.378 e. The summed E-state index contributed by atoms with van der Waals surface area (Å²) in [5.41, 5.74) is 0.126. The number of nitrogens with one attached hydrogen (secondary N) is 1. The first-order valence-corrected chi connectivity index (χ1v) is 8.92. The van der Waals surface area contributed by atoms with Crippen LogP contribution in [0.5, 0.6) is 0 Å². The van der Waals surface area contributed by atoms with E-state index in [0.717, 1.165) is 38.8 Å². The Bertz CT molecular complexity index is 568. The van der Waals surface area contributed by atoms with Crippen LogP contribution in [0.15, 0.2) is 24.3 Å². The monoisotopic (exact) mass is 334 g/mol. The molecule has 3 rings (SSSR count). The van der Waals surface area contributed by atoms with E-state index in [1.807, 2.05) is 18.0 Å². The van der Waals surface area contributed by atoms with Gasteiger partial charge in [0.05, 0.1) is 11.5 Å². The quantitative estimate of drug-likeness (QED) is 0.832. The maximum absolute atomic E-state index is 14.0. The Kier molecular flexibility index (Phi) is 5.51. The Labute approximate surface area is 143 Å². The van der Waals surface area contributed by atoms with Crippen LogP contribution in [0.1, 0.15) is 31.2 Å². The second-order valence-electron chi connectivity index (χ2n) is 7.16. The first-order chi connectivity index (χ1) is 11.6. The third kappa shape index (κ3) is 3.78. The van der Waals surface area contributed by atoms with E-state index in [2.05, 4.69) is 5.32 Å². The van der Waals surface area contributed by atoms with Gasteiger partial charge in [0.2, 0.25) is 5.91 Å². The highest BCUT2D eigenvalue weighted by Crippen LogP contribution is 2.31. The molecule has 2 aliphatic rings. The summed E-state index contributed by atoms with van der Waals surface area (Å²) in [5.74, 6) is -0.102. The number of hydrogen-bond acceptors (Lipinski definition) is 3. The summed E-state index contributed by atoms with van der Waals surface area (Å²) in [5, 5.41) is 3.19. The fourth-order valence-electron chi connectivity index (χ4n) is 3.72. The molecule has 0 spiro atoms. The van der Waals surface area contributed by atoms with Crippen molar-refractivity contribution < 1.29 is 13.9 Å². The number of carbonyl (C=O) groups excluding carboxylic acids is 1. The fourth-order valence-corrected chi connectivity index (χ4v) is 3.72. The molecule has 5 heteroatoms. The Morgan fingerprint density at radius 1 is 1.42 bits per heavy atom. The van der Waals surface area contributed by atoms with Crippen molar-refractivity contribution in [2.24, 2.45) is 5.41 Å². The van der Waals surface area contributed by atoms with Crippen molar-refractivity contribution >= 4 is 5.91 Å². The van der Waals surface area contributed by atoms with E-state index in [1.165, 1.54) is 6.07 Å². The molecule has 1 aromatic carbocycles. The number of rotatable bonds is 7. The fraction of sp³-hybridized carbons (Fsp3) is 0.632. The Morgan fingerprint density at radius 2 is 2.21 bits per heavy atom. The van der Waals surface area contributed by atoms with Crippen LogP contribution in [0, 0.1) is 11.2 Å². The summed E-state index contributed by atoms with van der Waals surface area (Å²) in [6, 6.07) is 6.75. The van der Waals surface area contributed by atoms with Crippen molar-refractivity contribution in [3.63, 3.8) is 0 Å². The molecule has 4 nitrogen and oxygen atoms in total. The number of ether oxygens (including phenoxy) is 1. The van der Waals surface area contributed by atoms with E-state index < -0.39 is 5.41 Å². The highest BCUT2D eigenvalue weighted by molar-refractivity contribution is 5.84. The average molecular weight is 334 g/mol. The van der Waals surface area contributed by atoms with Crippen LogP contribution in [-0.4, -0.2) is 50.2 Å². The molecule has 2 aliphatic heterocycles. The van der Waals surface area contributed by atoms with Crippen LogP contribution in [0.2, 0.25) is 0 Å². The highest BCUT2D eigenvalue weighted by Gasteiger charge is 2.46. The lowest BCUT2D eigenvalue weighted by Crippen LogP contribution is -2.62. The standard InChI is InChI=1S/C19H27FN2O2/c1-22(10-4-7-16-8-5-11-24-16)18(23)19(13-21-14-19)12-15-6-2-3-9-17(15)20/h2-3,6,9,16,21H,4-5,7-8,10-14H2,1H3. The van der Waals surface area contributed by atoms with Gasteiger partial charge < -0.3 is 15.0 Å². The molecular formula is C19H27FN2O2. The van der Waals surface area contributed by atoms with Crippen molar-refractivity contribution in [2.45, 2.75) is 38.2 Å². The van der Waals surface area contributed by atoms with Crippen LogP contribution >= 0.6 is 0 Å². The lowest BCUT2D eigenvalue weighted by atomic mass is 9.75. The normalized spacial score (nSPS) is 22.2. The van der Waals surface area contributed by atoms with Gasteiger partial charge in [0.1, 0.15) is 5.82 Å². The number of carbonyl (C=O) groups is 1. The predicted octanol–water partition coefficient (Wildman–Crippen LogP) is 2.38. The third-order valence-corrected chi connectivity index (χ3v) is 5.26. The van der Waals surface area contributed by atoms with Gasteiger partial charge in [-0.2, -0.15) is 0 Å². The zero-order chi connectivity index (χ0) is 17.0. The molecule has 0 aliphatic carbocycles. The number of halogens is 1. The third-order valence-electron chi connectivity index (χ3n) is 5.26. The van der Waals surface area contributed by atoms with Gasteiger partial charge in [0, 0.05) is 33.3 Å². The van der Waals surface area contributed by atoms with Gasteiger partial charge in [-0.1, -0.05) is 18.2 Å². The molecule has 0 aromatic heterocycles. The van der Waals surface area contributed by atoms with Gasteiger partial charge >= 0.3 is 0 Å². The minimum Gasteiger partial charge on any atom is -0.378 e. The van der Waals surface area contributed by atoms with E-state index >= 15 is 0 Å². The molecule has 0 radical (unpaired) electrons. The molecule has 132 valence electrons. The second-order valence-corrected chi connectivity index (χ2v) is 7.16. The average Bonchev–Trinajstić information content (AvgIpc) is 3.05. The molecule has 1 unspecified atom stereocenters. The van der Waals surface area contributed by atoms with Gasteiger partial charge in [-0.25, -0.2) is 4.39 Å². The summed E-state index contributed by atoms with van der Waals surface area (Å²) in [4.78, 5) is 14.7. The summed E-state index contributed by atoms with van der Waals surface area (Å²) in [6.07, 6.45) is 5.08. The van der Waals surface area contributed by atoms with Crippen molar-refractivity contribution in [2.75, 3.05) is 33.3 Å². The molecule has 2 saturated heterocycles. The molecule has 1 atom stereocenters. The van der Waals surface area contributed by atoms with Gasteiger partial charge in [0.25, 0.3) is 0 Å². The molecule has 2 fully saturated rings. The van der Waals surface area contributed by atoms with Gasteiger partial charge in [0.15, 0.2) is 0 Å². The van der Waals surface area contributed by atoms with Crippen molar-refractivity contribution in [1.29, 1.82) is 0 Å². The second kappa shape index (κ2) is 7.62. The molecule has 24 heavy (non-hydrogen) atoms. The zero-order valence-corrected chi connectivity index (χ0v) is 14.4. The van der Waals surface area contributed by atoms with Gasteiger partial charge in [-0.3, -0.25) is 4.79 Å². The van der Waals surface area contributed by atoms with Crippen molar-refractivity contribution in [3.05, 3.63) is 35.6 Å². The molecule has 2 heterocycles. The van der Waals surface area contributed by atoms with E-state index in [1.54, 1.807) is 12.1 Å². The smallest absolute Gasteiger partial charge is 0.231 e. The number of benzene rings is 1. The molecular weight excluding hydrogens is 307 g/mol. The highest BCUT2D eigenvalue weighted by atomic mass is 19.1. The minimum atomic E-state index is -0.499. The van der Waals surface area contributed by atoms with E-state index in [4.69, 9.17) is 4.74 Å². The number of hydrogen-bond donors (Lipinski definition) is 1. The Hall–Kier alpha value is -1.46. The molecule has 0 saturated carbocycles. The lowest BCUT2D eigenvalue weighted by Gasteiger charge is -2.43. The number of nitrogens with zero attached hydrogens (tertiary/aromatic N) is 1. The number of amides is 1. The first kappa shape index (κ1) is 17.4. The van der Waals surface area contributed by atoms with E-state index in [9.17, 15) is 9.18 Å². The first-order valence-electron chi connectivity index (χ1n) is 8.92.